The fraction of sp³-hybridized carbons (Fsp3) is 0.667. The Morgan fingerprint density at radius 1 is 1.27 bits per heavy atom. The zero-order valence-electron chi connectivity index (χ0n) is 13.5. The Morgan fingerprint density at radius 3 is 2.41 bits per heavy atom. The third-order valence-corrected chi connectivity index (χ3v) is 2.91. The molecule has 0 spiro atoms. The lowest BCUT2D eigenvalue weighted by Gasteiger charge is -2.21. The molecule has 7 nitrogen and oxygen atoms in total. The Labute approximate surface area is 131 Å². The van der Waals surface area contributed by atoms with Gasteiger partial charge in [-0.25, -0.2) is 4.79 Å². The van der Waals surface area contributed by atoms with Gasteiger partial charge in [0, 0.05) is 6.42 Å². The first-order valence-corrected chi connectivity index (χ1v) is 7.32. The number of rotatable bonds is 10. The van der Waals surface area contributed by atoms with Gasteiger partial charge in [-0.3, -0.25) is 9.59 Å². The summed E-state index contributed by atoms with van der Waals surface area (Å²) in [5, 5.41) is 2.53. The van der Waals surface area contributed by atoms with Crippen molar-refractivity contribution in [2.75, 3.05) is 13.2 Å². The smallest absolute Gasteiger partial charge is 0.328 e. The molecule has 126 valence electrons. The molecule has 0 aliphatic heterocycles. The van der Waals surface area contributed by atoms with Crippen LogP contribution in [0.2, 0.25) is 0 Å². The fourth-order valence-corrected chi connectivity index (χ4v) is 1.55. The van der Waals surface area contributed by atoms with E-state index in [1.807, 2.05) is 0 Å². The molecule has 7 heteroatoms. The highest BCUT2D eigenvalue weighted by Crippen LogP contribution is 2.05. The molecule has 1 amide bonds. The Bertz CT molecular complexity index is 395. The van der Waals surface area contributed by atoms with Crippen LogP contribution in [0.4, 0.5) is 0 Å². The molecule has 0 aromatic rings. The van der Waals surface area contributed by atoms with Gasteiger partial charge in [0.1, 0.15) is 12.6 Å². The summed E-state index contributed by atoms with van der Waals surface area (Å²) in [5.74, 6) is -1.59. The van der Waals surface area contributed by atoms with Crippen molar-refractivity contribution < 1.29 is 23.9 Å². The van der Waals surface area contributed by atoms with Crippen LogP contribution in [0.3, 0.4) is 0 Å². The molecule has 22 heavy (non-hydrogen) atoms. The summed E-state index contributed by atoms with van der Waals surface area (Å²) in [7, 11) is 0. The SMILES string of the molecule is C=CCOC(=O)CC[C@H](NC(=O)[C@@H](N)C(C)C)C(=O)OCC. The van der Waals surface area contributed by atoms with Crippen LogP contribution in [0, 0.1) is 5.92 Å². The summed E-state index contributed by atoms with van der Waals surface area (Å²) in [6.45, 7) is 8.99. The van der Waals surface area contributed by atoms with Crippen LogP contribution < -0.4 is 11.1 Å². The number of carbonyl (C=O) groups excluding carboxylic acids is 3. The predicted octanol–water partition coefficient (Wildman–Crippen LogP) is 0.527. The topological polar surface area (TPSA) is 108 Å². The van der Waals surface area contributed by atoms with Crippen LogP contribution in [0.25, 0.3) is 0 Å². The quantitative estimate of drug-likeness (QED) is 0.450. The van der Waals surface area contributed by atoms with Crippen LogP contribution in [0.1, 0.15) is 33.6 Å². The summed E-state index contributed by atoms with van der Waals surface area (Å²) in [6, 6.07) is -1.65. The van der Waals surface area contributed by atoms with Crippen molar-refractivity contribution in [3.8, 4) is 0 Å². The van der Waals surface area contributed by atoms with Gasteiger partial charge in [-0.15, -0.1) is 0 Å². The van der Waals surface area contributed by atoms with E-state index >= 15 is 0 Å². The van der Waals surface area contributed by atoms with Gasteiger partial charge in [0.05, 0.1) is 12.6 Å². The van der Waals surface area contributed by atoms with Gasteiger partial charge >= 0.3 is 11.9 Å². The second-order valence-corrected chi connectivity index (χ2v) is 5.09. The molecule has 0 heterocycles. The summed E-state index contributed by atoms with van der Waals surface area (Å²) < 4.78 is 9.72. The van der Waals surface area contributed by atoms with Gasteiger partial charge in [-0.1, -0.05) is 26.5 Å². The van der Waals surface area contributed by atoms with Crippen molar-refractivity contribution in [3.05, 3.63) is 12.7 Å². The summed E-state index contributed by atoms with van der Waals surface area (Å²) in [6.07, 6.45) is 1.52. The van der Waals surface area contributed by atoms with E-state index in [9.17, 15) is 14.4 Å². The molecule has 0 fully saturated rings. The number of esters is 2. The maximum Gasteiger partial charge on any atom is 0.328 e. The van der Waals surface area contributed by atoms with Crippen molar-refractivity contribution >= 4 is 17.8 Å². The largest absolute Gasteiger partial charge is 0.464 e. The minimum Gasteiger partial charge on any atom is -0.464 e. The molecule has 0 saturated heterocycles. The van der Waals surface area contributed by atoms with Crippen LogP contribution in [-0.2, 0) is 23.9 Å². The Hall–Kier alpha value is -1.89. The lowest BCUT2D eigenvalue weighted by atomic mass is 10.0. The highest BCUT2D eigenvalue weighted by molar-refractivity contribution is 5.87. The maximum absolute atomic E-state index is 11.9. The van der Waals surface area contributed by atoms with Gasteiger partial charge in [-0.05, 0) is 19.3 Å². The number of hydrogen-bond acceptors (Lipinski definition) is 6. The number of amides is 1. The van der Waals surface area contributed by atoms with Gasteiger partial charge in [0.25, 0.3) is 0 Å². The number of nitrogens with two attached hydrogens (primary N) is 1. The van der Waals surface area contributed by atoms with Crippen molar-refractivity contribution in [1.82, 2.24) is 5.32 Å². The molecule has 0 radical (unpaired) electrons. The second kappa shape index (κ2) is 10.8. The van der Waals surface area contributed by atoms with Gasteiger partial charge in [0.2, 0.25) is 5.91 Å². The highest BCUT2D eigenvalue weighted by Gasteiger charge is 2.26. The lowest BCUT2D eigenvalue weighted by molar-refractivity contribution is -0.148. The minimum atomic E-state index is -0.923. The molecule has 0 aliphatic rings. The fourth-order valence-electron chi connectivity index (χ4n) is 1.55. The molecule has 0 aliphatic carbocycles. The van der Waals surface area contributed by atoms with E-state index < -0.39 is 29.9 Å². The zero-order valence-corrected chi connectivity index (χ0v) is 13.5. The molecule has 0 unspecified atom stereocenters. The van der Waals surface area contributed by atoms with Crippen molar-refractivity contribution in [3.63, 3.8) is 0 Å². The lowest BCUT2D eigenvalue weighted by Crippen LogP contribution is -2.50. The monoisotopic (exact) mass is 314 g/mol. The highest BCUT2D eigenvalue weighted by atomic mass is 16.5. The third-order valence-electron chi connectivity index (χ3n) is 2.91. The zero-order chi connectivity index (χ0) is 17.1. The number of ether oxygens (including phenoxy) is 2. The van der Waals surface area contributed by atoms with E-state index in [0.717, 1.165) is 0 Å². The van der Waals surface area contributed by atoms with Gasteiger partial charge in [0.15, 0.2) is 0 Å². The maximum atomic E-state index is 11.9. The second-order valence-electron chi connectivity index (χ2n) is 5.09. The van der Waals surface area contributed by atoms with Crippen LogP contribution in [0.15, 0.2) is 12.7 Å². The van der Waals surface area contributed by atoms with E-state index in [1.54, 1.807) is 20.8 Å². The van der Waals surface area contributed by atoms with Gasteiger partial charge < -0.3 is 20.5 Å². The first-order chi connectivity index (χ1) is 10.3. The average molecular weight is 314 g/mol. The van der Waals surface area contributed by atoms with Crippen molar-refractivity contribution in [1.29, 1.82) is 0 Å². The molecule has 0 aromatic heterocycles. The van der Waals surface area contributed by atoms with E-state index in [-0.39, 0.29) is 32.0 Å². The van der Waals surface area contributed by atoms with E-state index in [0.29, 0.717) is 0 Å². The Balaban J connectivity index is 4.63. The normalized spacial score (nSPS) is 13.1. The first kappa shape index (κ1) is 20.1. The van der Waals surface area contributed by atoms with E-state index in [4.69, 9.17) is 15.2 Å². The molecular formula is C15H26N2O5. The Kier molecular flexibility index (Phi) is 9.86. The first-order valence-electron chi connectivity index (χ1n) is 7.32. The number of carbonyl (C=O) groups is 3. The van der Waals surface area contributed by atoms with Crippen LogP contribution in [-0.4, -0.2) is 43.1 Å². The molecular weight excluding hydrogens is 288 g/mol. The average Bonchev–Trinajstić information content (AvgIpc) is 2.48. The summed E-state index contributed by atoms with van der Waals surface area (Å²) in [5.41, 5.74) is 5.74. The molecule has 0 aromatic carbocycles. The molecule has 2 atom stereocenters. The van der Waals surface area contributed by atoms with E-state index in [1.165, 1.54) is 6.08 Å². The third kappa shape index (κ3) is 7.78. The number of nitrogens with one attached hydrogen (secondary N) is 1. The standard InChI is InChI=1S/C15H26N2O5/c1-5-9-22-12(18)8-7-11(15(20)21-6-2)17-14(19)13(16)10(3)4/h5,10-11,13H,1,6-9,16H2,2-4H3,(H,17,19)/t11-,13-/m0/s1. The molecule has 0 bridgehead atoms. The van der Waals surface area contributed by atoms with Crippen LogP contribution >= 0.6 is 0 Å². The molecule has 3 N–H and O–H groups in total. The summed E-state index contributed by atoms with van der Waals surface area (Å²) in [4.78, 5) is 35.3. The Morgan fingerprint density at radius 2 is 1.91 bits per heavy atom. The van der Waals surface area contributed by atoms with E-state index in [2.05, 4.69) is 11.9 Å². The van der Waals surface area contributed by atoms with Crippen molar-refractivity contribution in [2.45, 2.75) is 45.7 Å². The van der Waals surface area contributed by atoms with Gasteiger partial charge in [-0.2, -0.15) is 0 Å². The predicted molar refractivity (Wildman–Crippen MR) is 81.8 cm³/mol. The number of hydrogen-bond donors (Lipinski definition) is 2. The summed E-state index contributed by atoms with van der Waals surface area (Å²) >= 11 is 0. The van der Waals surface area contributed by atoms with Crippen molar-refractivity contribution in [2.24, 2.45) is 11.7 Å². The molecule has 0 saturated carbocycles. The minimum absolute atomic E-state index is 0.0193. The molecule has 0 rings (SSSR count). The van der Waals surface area contributed by atoms with Crippen LogP contribution in [0.5, 0.6) is 0 Å².